The normalized spacial score (nSPS) is 18.3. The predicted molar refractivity (Wildman–Crippen MR) is 68.3 cm³/mol. The maximum atomic E-state index is 11.8. The molecular formula is C12H19N5O. The molecule has 1 aliphatic heterocycles. The van der Waals surface area contributed by atoms with Gasteiger partial charge in [0.2, 0.25) is 0 Å². The molecule has 2 N–H and O–H groups in total. The Kier molecular flexibility index (Phi) is 4.09. The van der Waals surface area contributed by atoms with E-state index in [0.717, 1.165) is 25.9 Å². The molecule has 1 unspecified atom stereocenters. The van der Waals surface area contributed by atoms with Crippen LogP contribution in [-0.4, -0.2) is 40.0 Å². The zero-order valence-electron chi connectivity index (χ0n) is 10.6. The van der Waals surface area contributed by atoms with E-state index in [4.69, 9.17) is 0 Å². The van der Waals surface area contributed by atoms with Crippen LogP contribution < -0.4 is 10.6 Å². The summed E-state index contributed by atoms with van der Waals surface area (Å²) in [4.78, 5) is 11.8. The number of piperidine rings is 1. The highest BCUT2D eigenvalue weighted by atomic mass is 16.2. The molecule has 1 fully saturated rings. The zero-order valence-corrected chi connectivity index (χ0v) is 10.6. The molecule has 2 heterocycles. The maximum Gasteiger partial charge on any atom is 0.273 e. The second-order valence-electron chi connectivity index (χ2n) is 4.56. The number of carbonyl (C=O) groups excluding carboxylic acids is 1. The van der Waals surface area contributed by atoms with Gasteiger partial charge in [-0.1, -0.05) is 11.3 Å². The van der Waals surface area contributed by atoms with Crippen molar-refractivity contribution in [2.75, 3.05) is 13.1 Å². The van der Waals surface area contributed by atoms with Gasteiger partial charge in [0.25, 0.3) is 5.91 Å². The van der Waals surface area contributed by atoms with E-state index in [2.05, 4.69) is 27.5 Å². The number of nitrogens with zero attached hydrogens (tertiary/aromatic N) is 3. The van der Waals surface area contributed by atoms with Gasteiger partial charge < -0.3 is 10.6 Å². The van der Waals surface area contributed by atoms with Crippen molar-refractivity contribution in [1.82, 2.24) is 25.6 Å². The van der Waals surface area contributed by atoms with E-state index in [-0.39, 0.29) is 11.9 Å². The molecule has 0 radical (unpaired) electrons. The molecule has 1 aromatic rings. The number of carbonyl (C=O) groups is 1. The van der Waals surface area contributed by atoms with Gasteiger partial charge in [0.05, 0.1) is 12.2 Å². The molecule has 1 saturated heterocycles. The summed E-state index contributed by atoms with van der Waals surface area (Å²) in [7, 11) is 0. The van der Waals surface area contributed by atoms with Crippen LogP contribution in [-0.2, 0) is 0 Å². The molecule has 6 nitrogen and oxygen atoms in total. The van der Waals surface area contributed by atoms with Crippen LogP contribution >= 0.6 is 0 Å². The Hall–Kier alpha value is -1.69. The molecule has 2 rings (SSSR count). The van der Waals surface area contributed by atoms with E-state index in [9.17, 15) is 4.79 Å². The Bertz CT molecular complexity index is 422. The number of hydrogen-bond donors (Lipinski definition) is 2. The van der Waals surface area contributed by atoms with Crippen molar-refractivity contribution in [1.29, 1.82) is 0 Å². The molecule has 98 valence electrons. The smallest absolute Gasteiger partial charge is 0.273 e. The van der Waals surface area contributed by atoms with Crippen LogP contribution in [0.2, 0.25) is 0 Å². The van der Waals surface area contributed by atoms with E-state index in [1.165, 1.54) is 0 Å². The summed E-state index contributed by atoms with van der Waals surface area (Å²) in [5.41, 5.74) is 0.363. The minimum Gasteiger partial charge on any atom is -0.345 e. The summed E-state index contributed by atoms with van der Waals surface area (Å²) in [5.74, 6) is -0.206. The Morgan fingerprint density at radius 3 is 3.06 bits per heavy atom. The molecule has 1 aromatic heterocycles. The lowest BCUT2D eigenvalue weighted by molar-refractivity contribution is 0.0942. The largest absolute Gasteiger partial charge is 0.345 e. The fraction of sp³-hybridized carbons (Fsp3) is 0.583. The van der Waals surface area contributed by atoms with Gasteiger partial charge in [0.1, 0.15) is 0 Å². The standard InChI is InChI=1S/C12H19N5O/c1-3-9(2)14-12(18)11-8-17(16-15-11)10-4-6-13-7-5-10/h3,8-10,13H,1,4-7H2,2H3,(H,14,18). The van der Waals surface area contributed by atoms with Gasteiger partial charge in [0.15, 0.2) is 5.69 Å². The molecule has 6 heteroatoms. The van der Waals surface area contributed by atoms with Crippen LogP contribution in [0.3, 0.4) is 0 Å². The Morgan fingerprint density at radius 1 is 1.67 bits per heavy atom. The minimum atomic E-state index is -0.206. The van der Waals surface area contributed by atoms with Crippen molar-refractivity contribution in [2.24, 2.45) is 0 Å². The van der Waals surface area contributed by atoms with Crippen molar-refractivity contribution < 1.29 is 4.79 Å². The third-order valence-electron chi connectivity index (χ3n) is 3.14. The topological polar surface area (TPSA) is 71.8 Å². The fourth-order valence-electron chi connectivity index (χ4n) is 1.97. The first-order chi connectivity index (χ1) is 8.70. The second kappa shape index (κ2) is 5.77. The molecule has 0 aromatic carbocycles. The summed E-state index contributed by atoms with van der Waals surface area (Å²) in [6.45, 7) is 7.46. The third-order valence-corrected chi connectivity index (χ3v) is 3.14. The zero-order chi connectivity index (χ0) is 13.0. The molecule has 1 atom stereocenters. The highest BCUT2D eigenvalue weighted by Gasteiger charge is 2.18. The molecule has 0 aliphatic carbocycles. The van der Waals surface area contributed by atoms with E-state index >= 15 is 0 Å². The predicted octanol–water partition coefficient (Wildman–Crippen LogP) is 0.507. The third kappa shape index (κ3) is 2.95. The Morgan fingerprint density at radius 2 is 2.39 bits per heavy atom. The van der Waals surface area contributed by atoms with Crippen molar-refractivity contribution >= 4 is 5.91 Å². The molecule has 1 amide bonds. The van der Waals surface area contributed by atoms with Crippen LogP contribution in [0.5, 0.6) is 0 Å². The first kappa shape index (κ1) is 12.8. The molecular weight excluding hydrogens is 230 g/mol. The number of nitrogens with one attached hydrogen (secondary N) is 2. The highest BCUT2D eigenvalue weighted by Crippen LogP contribution is 2.16. The van der Waals surface area contributed by atoms with Gasteiger partial charge >= 0.3 is 0 Å². The first-order valence-electron chi connectivity index (χ1n) is 6.26. The van der Waals surface area contributed by atoms with Gasteiger partial charge in [-0.05, 0) is 32.9 Å². The fourth-order valence-corrected chi connectivity index (χ4v) is 1.97. The number of hydrogen-bond acceptors (Lipinski definition) is 4. The molecule has 0 bridgehead atoms. The van der Waals surface area contributed by atoms with Gasteiger partial charge in [-0.2, -0.15) is 0 Å². The van der Waals surface area contributed by atoms with Crippen molar-refractivity contribution in [3.05, 3.63) is 24.5 Å². The summed E-state index contributed by atoms with van der Waals surface area (Å²) in [6, 6.07) is 0.277. The molecule has 0 spiro atoms. The second-order valence-corrected chi connectivity index (χ2v) is 4.56. The van der Waals surface area contributed by atoms with Crippen molar-refractivity contribution in [3.63, 3.8) is 0 Å². The Balaban J connectivity index is 2.00. The summed E-state index contributed by atoms with van der Waals surface area (Å²) in [6.07, 6.45) is 5.44. The van der Waals surface area contributed by atoms with Gasteiger partial charge in [0, 0.05) is 6.04 Å². The summed E-state index contributed by atoms with van der Waals surface area (Å²) in [5, 5.41) is 14.0. The summed E-state index contributed by atoms with van der Waals surface area (Å²) >= 11 is 0. The number of rotatable bonds is 4. The van der Waals surface area contributed by atoms with E-state index in [1.807, 2.05) is 6.92 Å². The lowest BCUT2D eigenvalue weighted by atomic mass is 10.1. The van der Waals surface area contributed by atoms with Crippen LogP contribution in [0, 0.1) is 0 Å². The average molecular weight is 249 g/mol. The van der Waals surface area contributed by atoms with Crippen molar-refractivity contribution in [3.8, 4) is 0 Å². The van der Waals surface area contributed by atoms with Gasteiger partial charge in [-0.15, -0.1) is 11.7 Å². The molecule has 0 saturated carbocycles. The number of amides is 1. The average Bonchev–Trinajstić information content (AvgIpc) is 2.89. The lowest BCUT2D eigenvalue weighted by Crippen LogP contribution is -2.31. The monoisotopic (exact) mass is 249 g/mol. The SMILES string of the molecule is C=CC(C)NC(=O)c1cn(C2CCNCC2)nn1. The summed E-state index contributed by atoms with van der Waals surface area (Å²) < 4.78 is 1.80. The van der Waals surface area contributed by atoms with Crippen LogP contribution in [0.1, 0.15) is 36.3 Å². The minimum absolute atomic E-state index is 0.0680. The van der Waals surface area contributed by atoms with Crippen LogP contribution in [0.25, 0.3) is 0 Å². The van der Waals surface area contributed by atoms with Gasteiger partial charge in [-0.25, -0.2) is 4.68 Å². The van der Waals surface area contributed by atoms with E-state index in [1.54, 1.807) is 17.0 Å². The van der Waals surface area contributed by atoms with E-state index < -0.39 is 0 Å². The van der Waals surface area contributed by atoms with E-state index in [0.29, 0.717) is 11.7 Å². The van der Waals surface area contributed by atoms with Crippen LogP contribution in [0.4, 0.5) is 0 Å². The van der Waals surface area contributed by atoms with Gasteiger partial charge in [-0.3, -0.25) is 4.79 Å². The molecule has 18 heavy (non-hydrogen) atoms. The maximum absolute atomic E-state index is 11.8. The van der Waals surface area contributed by atoms with Crippen LogP contribution in [0.15, 0.2) is 18.9 Å². The molecule has 1 aliphatic rings. The first-order valence-corrected chi connectivity index (χ1v) is 6.26. The lowest BCUT2D eigenvalue weighted by Gasteiger charge is -2.22. The quantitative estimate of drug-likeness (QED) is 0.763. The number of aromatic nitrogens is 3. The van der Waals surface area contributed by atoms with Crippen molar-refractivity contribution in [2.45, 2.75) is 31.8 Å². The Labute approximate surface area is 106 Å². The highest BCUT2D eigenvalue weighted by molar-refractivity contribution is 5.92.